The van der Waals surface area contributed by atoms with Crippen molar-refractivity contribution in [1.29, 1.82) is 0 Å². The van der Waals surface area contributed by atoms with Crippen LogP contribution in [-0.4, -0.2) is 57.5 Å². The Labute approximate surface area is 273 Å². The lowest BCUT2D eigenvalue weighted by atomic mass is 9.88. The molecule has 2 unspecified atom stereocenters. The third-order valence-electron chi connectivity index (χ3n) is 8.33. The fourth-order valence-electron chi connectivity index (χ4n) is 5.76. The van der Waals surface area contributed by atoms with Crippen molar-refractivity contribution >= 4 is 27.1 Å². The summed E-state index contributed by atoms with van der Waals surface area (Å²) >= 11 is 1.80. The third kappa shape index (κ3) is 10.1. The number of unbranched alkanes of at least 4 members (excludes halogenated alkanes) is 4. The molecule has 1 fully saturated rings. The van der Waals surface area contributed by atoms with Crippen LogP contribution in [0.5, 0.6) is 0 Å². The zero-order chi connectivity index (χ0) is 31.9. The van der Waals surface area contributed by atoms with Crippen LogP contribution in [0, 0.1) is 4.91 Å². The molecular formula is C37H53NO6S. The summed E-state index contributed by atoms with van der Waals surface area (Å²) in [5, 5.41) is 4.71. The van der Waals surface area contributed by atoms with E-state index in [4.69, 9.17) is 23.7 Å². The number of nitroso groups, excluding NO2 is 1. The van der Waals surface area contributed by atoms with Crippen molar-refractivity contribution in [2.75, 3.05) is 33.0 Å². The molecule has 2 heterocycles. The minimum Gasteiger partial charge on any atom is -0.379 e. The second-order valence-electron chi connectivity index (χ2n) is 12.0. The first kappa shape index (κ1) is 35.7. The smallest absolute Gasteiger partial charge is 0.117 e. The number of ether oxygens (including phenoxy) is 5. The predicted molar refractivity (Wildman–Crippen MR) is 184 cm³/mol. The highest BCUT2D eigenvalue weighted by atomic mass is 32.1. The van der Waals surface area contributed by atoms with Gasteiger partial charge in [0.1, 0.15) is 36.2 Å². The first-order valence-corrected chi connectivity index (χ1v) is 18.0. The molecule has 248 valence electrons. The Hall–Kier alpha value is -2.20. The number of thiophene rings is 1. The Morgan fingerprint density at radius 2 is 1.40 bits per heavy atom. The summed E-state index contributed by atoms with van der Waals surface area (Å²) < 4.78 is 34.2. The van der Waals surface area contributed by atoms with Gasteiger partial charge in [-0.2, -0.15) is 0 Å². The molecule has 1 aliphatic heterocycles. The summed E-state index contributed by atoms with van der Waals surface area (Å²) in [7, 11) is 0. The van der Waals surface area contributed by atoms with Crippen molar-refractivity contribution in [2.24, 2.45) is 5.18 Å². The quantitative estimate of drug-likeness (QED) is 0.0853. The van der Waals surface area contributed by atoms with Crippen LogP contribution in [0.4, 0.5) is 5.69 Å². The topological polar surface area (TPSA) is 75.6 Å². The molecule has 0 radical (unpaired) electrons. The van der Waals surface area contributed by atoms with Gasteiger partial charge in [0.25, 0.3) is 0 Å². The zero-order valence-electron chi connectivity index (χ0n) is 27.7. The molecule has 0 saturated carbocycles. The molecule has 8 heteroatoms. The van der Waals surface area contributed by atoms with Gasteiger partial charge < -0.3 is 23.7 Å². The molecule has 0 bridgehead atoms. The summed E-state index contributed by atoms with van der Waals surface area (Å²) in [4.78, 5) is 13.5. The van der Waals surface area contributed by atoms with Crippen LogP contribution in [0.25, 0.3) is 10.1 Å². The van der Waals surface area contributed by atoms with Crippen molar-refractivity contribution in [2.45, 2.75) is 116 Å². The Bertz CT molecular complexity index is 1250. The van der Waals surface area contributed by atoms with E-state index in [0.717, 1.165) is 68.9 Å². The SMILES string of the molecule is CCCCOCC1OC(c2cc(Cc3cc4ccccc4s3)ccc2N=O)[C@H](OCCCC)[C@@H](OCCCC)[C@@H]1OCCCC. The summed E-state index contributed by atoms with van der Waals surface area (Å²) in [6.07, 6.45) is 6.52. The first-order chi connectivity index (χ1) is 22.1. The average Bonchev–Trinajstić information content (AvgIpc) is 3.47. The van der Waals surface area contributed by atoms with Crippen LogP contribution >= 0.6 is 11.3 Å². The van der Waals surface area contributed by atoms with E-state index in [0.29, 0.717) is 38.7 Å². The molecule has 1 saturated heterocycles. The van der Waals surface area contributed by atoms with Crippen LogP contribution < -0.4 is 0 Å². The molecule has 4 rings (SSSR count). The second kappa shape index (κ2) is 19.5. The highest BCUT2D eigenvalue weighted by Gasteiger charge is 2.49. The molecule has 0 spiro atoms. The molecule has 1 aromatic heterocycles. The first-order valence-electron chi connectivity index (χ1n) is 17.1. The van der Waals surface area contributed by atoms with Gasteiger partial charge in [0.05, 0.1) is 6.61 Å². The summed E-state index contributed by atoms with van der Waals surface area (Å²) in [6.45, 7) is 11.5. The minimum atomic E-state index is -0.561. The number of fused-ring (bicyclic) bond motifs is 1. The fraction of sp³-hybridized carbons (Fsp3) is 0.622. The van der Waals surface area contributed by atoms with Crippen LogP contribution in [-0.2, 0) is 30.1 Å². The van der Waals surface area contributed by atoms with E-state index in [1.165, 1.54) is 15.0 Å². The lowest BCUT2D eigenvalue weighted by Crippen LogP contribution is -2.58. The van der Waals surface area contributed by atoms with Crippen molar-refractivity contribution in [3.63, 3.8) is 0 Å². The Morgan fingerprint density at radius 1 is 0.756 bits per heavy atom. The fourth-order valence-corrected chi connectivity index (χ4v) is 6.86. The van der Waals surface area contributed by atoms with Gasteiger partial charge in [-0.1, -0.05) is 83.7 Å². The van der Waals surface area contributed by atoms with Crippen LogP contribution in [0.1, 0.15) is 101 Å². The van der Waals surface area contributed by atoms with Crippen LogP contribution in [0.15, 0.2) is 53.7 Å². The second-order valence-corrected chi connectivity index (χ2v) is 13.2. The zero-order valence-corrected chi connectivity index (χ0v) is 28.5. The van der Waals surface area contributed by atoms with Crippen molar-refractivity contribution in [3.8, 4) is 0 Å². The molecular weight excluding hydrogens is 586 g/mol. The van der Waals surface area contributed by atoms with E-state index < -0.39 is 12.2 Å². The van der Waals surface area contributed by atoms with Gasteiger partial charge in [0.2, 0.25) is 0 Å². The molecule has 5 atom stereocenters. The van der Waals surface area contributed by atoms with E-state index in [-0.39, 0.29) is 18.3 Å². The number of benzene rings is 2. The summed E-state index contributed by atoms with van der Waals surface area (Å²) in [5.41, 5.74) is 2.20. The average molecular weight is 640 g/mol. The number of hydrogen-bond acceptors (Lipinski definition) is 8. The summed E-state index contributed by atoms with van der Waals surface area (Å²) in [5.74, 6) is 0. The molecule has 3 aromatic rings. The molecule has 2 aromatic carbocycles. The van der Waals surface area contributed by atoms with Gasteiger partial charge in [-0.15, -0.1) is 16.2 Å². The molecule has 1 aliphatic rings. The Balaban J connectivity index is 1.71. The maximum Gasteiger partial charge on any atom is 0.117 e. The molecule has 7 nitrogen and oxygen atoms in total. The van der Waals surface area contributed by atoms with E-state index in [1.54, 1.807) is 11.3 Å². The monoisotopic (exact) mass is 639 g/mol. The van der Waals surface area contributed by atoms with Gasteiger partial charge in [0, 0.05) is 48.0 Å². The highest BCUT2D eigenvalue weighted by Crippen LogP contribution is 2.42. The van der Waals surface area contributed by atoms with Crippen molar-refractivity contribution in [3.05, 3.63) is 69.4 Å². The highest BCUT2D eigenvalue weighted by molar-refractivity contribution is 7.19. The predicted octanol–water partition coefficient (Wildman–Crippen LogP) is 9.70. The largest absolute Gasteiger partial charge is 0.379 e. The third-order valence-corrected chi connectivity index (χ3v) is 9.45. The van der Waals surface area contributed by atoms with Gasteiger partial charge in [0.15, 0.2) is 0 Å². The van der Waals surface area contributed by atoms with E-state index >= 15 is 0 Å². The number of nitrogens with zero attached hydrogens (tertiary/aromatic N) is 1. The molecule has 45 heavy (non-hydrogen) atoms. The number of hydrogen-bond donors (Lipinski definition) is 0. The normalized spacial score (nSPS) is 21.8. The standard InChI is InChI=1S/C37H53NO6S/c1-5-9-19-40-26-32-35(41-20-10-6-2)37(43-22-12-8-4)36(42-21-11-7-3)34(44-32)30-24-27(17-18-31(30)38-39)23-29-25-28-15-13-14-16-33(28)45-29/h13-18,24-25,32,34-37H,5-12,19-23,26H2,1-4H3/t32?,34?,35-,36+,37+/m1/s1. The molecule has 0 amide bonds. The number of rotatable bonds is 21. The lowest BCUT2D eigenvalue weighted by molar-refractivity contribution is -0.268. The van der Waals surface area contributed by atoms with Crippen molar-refractivity contribution < 1.29 is 23.7 Å². The molecule has 0 N–H and O–H groups in total. The summed E-state index contributed by atoms with van der Waals surface area (Å²) in [6, 6.07) is 16.6. The van der Waals surface area contributed by atoms with Crippen LogP contribution in [0.3, 0.4) is 0 Å². The van der Waals surface area contributed by atoms with Gasteiger partial charge in [-0.3, -0.25) is 0 Å². The van der Waals surface area contributed by atoms with Gasteiger partial charge in [-0.05, 0) is 60.0 Å². The maximum atomic E-state index is 12.3. The van der Waals surface area contributed by atoms with Crippen molar-refractivity contribution in [1.82, 2.24) is 0 Å². The maximum absolute atomic E-state index is 12.3. The Morgan fingerprint density at radius 3 is 2.07 bits per heavy atom. The molecule has 0 aliphatic carbocycles. The van der Waals surface area contributed by atoms with E-state index in [1.807, 2.05) is 12.1 Å². The van der Waals surface area contributed by atoms with Crippen LogP contribution in [0.2, 0.25) is 0 Å². The van der Waals surface area contributed by atoms with E-state index in [9.17, 15) is 4.91 Å². The van der Waals surface area contributed by atoms with E-state index in [2.05, 4.69) is 69.3 Å². The van der Waals surface area contributed by atoms with Gasteiger partial charge in [-0.25, -0.2) is 0 Å². The minimum absolute atomic E-state index is 0.354. The lowest BCUT2D eigenvalue weighted by Gasteiger charge is -2.46. The van der Waals surface area contributed by atoms with Gasteiger partial charge >= 0.3 is 0 Å². The Kier molecular flexibility index (Phi) is 15.4.